The molecule has 1 aromatic heterocycles. The molecule has 0 saturated heterocycles. The SMILES string of the molecule is CCNC1CC(OCC)S(=O)(=O)c2sc(S(N)(=O)=O)c(C)c21. The Bertz CT molecular complexity index is 767. The number of nitrogens with two attached hydrogens (primary N) is 1. The predicted octanol–water partition coefficient (Wildman–Crippen LogP) is 0.895. The Morgan fingerprint density at radius 2 is 2.05 bits per heavy atom. The zero-order chi connectivity index (χ0) is 16.7. The lowest BCUT2D eigenvalue weighted by molar-refractivity contribution is 0.1000. The molecule has 1 aliphatic heterocycles. The number of hydrogen-bond donors (Lipinski definition) is 2. The molecule has 2 heterocycles. The van der Waals surface area contributed by atoms with Crippen molar-refractivity contribution in [2.75, 3.05) is 13.2 Å². The Morgan fingerprint density at radius 3 is 2.55 bits per heavy atom. The molecule has 0 aromatic carbocycles. The van der Waals surface area contributed by atoms with Crippen molar-refractivity contribution in [2.45, 2.75) is 47.1 Å². The summed E-state index contributed by atoms with van der Waals surface area (Å²) < 4.78 is 54.0. The van der Waals surface area contributed by atoms with Gasteiger partial charge in [-0.3, -0.25) is 0 Å². The van der Waals surface area contributed by atoms with E-state index in [1.807, 2.05) is 6.92 Å². The second-order valence-electron chi connectivity index (χ2n) is 5.04. The van der Waals surface area contributed by atoms with Gasteiger partial charge in [-0.2, -0.15) is 0 Å². The van der Waals surface area contributed by atoms with Gasteiger partial charge in [-0.25, -0.2) is 22.0 Å². The van der Waals surface area contributed by atoms with Gasteiger partial charge < -0.3 is 10.1 Å². The summed E-state index contributed by atoms with van der Waals surface area (Å²) in [6.07, 6.45) is 0.249. The van der Waals surface area contributed by atoms with Gasteiger partial charge in [0.05, 0.1) is 0 Å². The zero-order valence-corrected chi connectivity index (χ0v) is 15.1. The Kier molecular flexibility index (Phi) is 5.00. The normalized spacial score (nSPS) is 24.2. The Morgan fingerprint density at radius 1 is 1.41 bits per heavy atom. The summed E-state index contributed by atoms with van der Waals surface area (Å²) in [4.78, 5) is 0. The molecule has 3 N–H and O–H groups in total. The fourth-order valence-corrected chi connectivity index (χ4v) is 7.58. The van der Waals surface area contributed by atoms with Gasteiger partial charge in [-0.05, 0) is 26.0 Å². The number of nitrogens with one attached hydrogen (secondary N) is 1. The third-order valence-corrected chi connectivity index (χ3v) is 8.93. The van der Waals surface area contributed by atoms with E-state index >= 15 is 0 Å². The summed E-state index contributed by atoms with van der Waals surface area (Å²) >= 11 is 0.714. The number of rotatable bonds is 5. The minimum atomic E-state index is -3.96. The highest BCUT2D eigenvalue weighted by Crippen LogP contribution is 2.45. The standard InChI is InChI=1S/C12H20N2O5S3/c1-4-14-8-6-9(19-5-2)21(15,16)12-10(8)7(3)11(20-12)22(13,17)18/h8-9,14H,4-6H2,1-3H3,(H2,13,17,18). The summed E-state index contributed by atoms with van der Waals surface area (Å²) in [6.45, 7) is 6.12. The molecule has 0 radical (unpaired) electrons. The van der Waals surface area contributed by atoms with E-state index in [1.54, 1.807) is 13.8 Å². The molecule has 2 atom stereocenters. The van der Waals surface area contributed by atoms with Crippen LogP contribution in [0.15, 0.2) is 8.42 Å². The van der Waals surface area contributed by atoms with Crippen LogP contribution in [-0.2, 0) is 24.6 Å². The smallest absolute Gasteiger partial charge is 0.247 e. The van der Waals surface area contributed by atoms with E-state index < -0.39 is 25.3 Å². The molecule has 0 bridgehead atoms. The van der Waals surface area contributed by atoms with Crippen LogP contribution in [0.3, 0.4) is 0 Å². The number of hydrogen-bond acceptors (Lipinski definition) is 7. The lowest BCUT2D eigenvalue weighted by atomic mass is 10.0. The molecule has 0 spiro atoms. The van der Waals surface area contributed by atoms with E-state index in [-0.39, 0.29) is 27.5 Å². The first kappa shape index (κ1) is 17.8. The van der Waals surface area contributed by atoms with Crippen LogP contribution in [-0.4, -0.2) is 35.4 Å². The van der Waals surface area contributed by atoms with Crippen LogP contribution >= 0.6 is 11.3 Å². The summed E-state index contributed by atoms with van der Waals surface area (Å²) in [7, 11) is -7.68. The van der Waals surface area contributed by atoms with E-state index in [1.165, 1.54) is 0 Å². The molecule has 22 heavy (non-hydrogen) atoms. The number of fused-ring (bicyclic) bond motifs is 1. The highest BCUT2D eigenvalue weighted by Gasteiger charge is 2.43. The first-order valence-corrected chi connectivity index (χ1v) is 10.8. The second-order valence-corrected chi connectivity index (χ2v) is 10.1. The van der Waals surface area contributed by atoms with Gasteiger partial charge in [-0.1, -0.05) is 6.92 Å². The maximum absolute atomic E-state index is 12.7. The fraction of sp³-hybridized carbons (Fsp3) is 0.667. The minimum Gasteiger partial charge on any atom is -0.362 e. The van der Waals surface area contributed by atoms with Gasteiger partial charge in [0.2, 0.25) is 19.9 Å². The van der Waals surface area contributed by atoms with E-state index in [2.05, 4.69) is 5.32 Å². The maximum atomic E-state index is 12.7. The van der Waals surface area contributed by atoms with Gasteiger partial charge in [0.25, 0.3) is 0 Å². The van der Waals surface area contributed by atoms with Gasteiger partial charge in [0.15, 0.2) is 5.44 Å². The van der Waals surface area contributed by atoms with Crippen LogP contribution in [0.25, 0.3) is 0 Å². The average molecular weight is 369 g/mol. The number of thiophene rings is 1. The summed E-state index contributed by atoms with van der Waals surface area (Å²) in [5.74, 6) is 0. The largest absolute Gasteiger partial charge is 0.362 e. The van der Waals surface area contributed by atoms with Crippen LogP contribution in [0.4, 0.5) is 0 Å². The quantitative estimate of drug-likeness (QED) is 0.797. The Labute approximate surface area is 134 Å². The number of sulfonamides is 1. The van der Waals surface area contributed by atoms with Crippen molar-refractivity contribution in [1.29, 1.82) is 0 Å². The van der Waals surface area contributed by atoms with E-state index in [0.29, 0.717) is 29.0 Å². The van der Waals surface area contributed by atoms with Crippen LogP contribution in [0.1, 0.15) is 37.4 Å². The molecule has 2 unspecified atom stereocenters. The lowest BCUT2D eigenvalue weighted by Gasteiger charge is -2.30. The van der Waals surface area contributed by atoms with Crippen molar-refractivity contribution >= 4 is 31.2 Å². The number of primary sulfonamides is 1. The zero-order valence-electron chi connectivity index (χ0n) is 12.6. The third-order valence-electron chi connectivity index (χ3n) is 3.56. The average Bonchev–Trinajstić information content (AvgIpc) is 2.75. The van der Waals surface area contributed by atoms with Gasteiger partial charge >= 0.3 is 0 Å². The summed E-state index contributed by atoms with van der Waals surface area (Å²) in [6, 6.07) is -0.271. The maximum Gasteiger partial charge on any atom is 0.247 e. The van der Waals surface area contributed by atoms with Crippen molar-refractivity contribution in [3.63, 3.8) is 0 Å². The molecular weight excluding hydrogens is 348 g/mol. The topological polar surface area (TPSA) is 116 Å². The summed E-state index contributed by atoms with van der Waals surface area (Å²) in [5, 5.41) is 8.41. The molecule has 0 amide bonds. The Hall–Kier alpha value is -0.520. The van der Waals surface area contributed by atoms with Crippen LogP contribution in [0.5, 0.6) is 0 Å². The van der Waals surface area contributed by atoms with Gasteiger partial charge in [0, 0.05) is 24.6 Å². The number of sulfone groups is 1. The van der Waals surface area contributed by atoms with Crippen molar-refractivity contribution in [1.82, 2.24) is 5.32 Å². The molecule has 0 aliphatic carbocycles. The molecule has 7 nitrogen and oxygen atoms in total. The van der Waals surface area contributed by atoms with Crippen molar-refractivity contribution in [2.24, 2.45) is 5.14 Å². The van der Waals surface area contributed by atoms with Gasteiger partial charge in [0.1, 0.15) is 8.42 Å². The van der Waals surface area contributed by atoms with Crippen molar-refractivity contribution in [3.05, 3.63) is 11.1 Å². The molecule has 126 valence electrons. The minimum absolute atomic E-state index is 0.0460. The molecule has 0 saturated carbocycles. The molecule has 1 aliphatic rings. The first-order chi connectivity index (χ1) is 10.1. The summed E-state index contributed by atoms with van der Waals surface area (Å²) in [5.41, 5.74) is -0.0563. The highest BCUT2D eigenvalue weighted by atomic mass is 32.3. The lowest BCUT2D eigenvalue weighted by Crippen LogP contribution is -2.37. The van der Waals surface area contributed by atoms with E-state index in [9.17, 15) is 16.8 Å². The van der Waals surface area contributed by atoms with Crippen LogP contribution in [0, 0.1) is 6.92 Å². The predicted molar refractivity (Wildman–Crippen MR) is 84.1 cm³/mol. The molecule has 2 rings (SSSR count). The number of ether oxygens (including phenoxy) is 1. The van der Waals surface area contributed by atoms with E-state index in [0.717, 1.165) is 0 Å². The van der Waals surface area contributed by atoms with Crippen LogP contribution < -0.4 is 10.5 Å². The van der Waals surface area contributed by atoms with E-state index in [4.69, 9.17) is 9.88 Å². The molecule has 1 aromatic rings. The molecule has 10 heteroatoms. The highest BCUT2D eigenvalue weighted by molar-refractivity contribution is 7.95. The third kappa shape index (κ3) is 2.95. The van der Waals surface area contributed by atoms with Crippen molar-refractivity contribution in [3.8, 4) is 0 Å². The van der Waals surface area contributed by atoms with Crippen molar-refractivity contribution < 1.29 is 21.6 Å². The van der Waals surface area contributed by atoms with Crippen LogP contribution in [0.2, 0.25) is 0 Å². The first-order valence-electron chi connectivity index (χ1n) is 6.89. The Balaban J connectivity index is 2.70. The monoisotopic (exact) mass is 368 g/mol. The molecular formula is C12H20N2O5S3. The fourth-order valence-electron chi connectivity index (χ4n) is 2.70. The van der Waals surface area contributed by atoms with Gasteiger partial charge in [-0.15, -0.1) is 11.3 Å². The molecule has 0 fully saturated rings. The second kappa shape index (κ2) is 6.17.